The van der Waals surface area contributed by atoms with Gasteiger partial charge in [-0.2, -0.15) is 0 Å². The van der Waals surface area contributed by atoms with E-state index in [1.54, 1.807) is 0 Å². The van der Waals surface area contributed by atoms with Gasteiger partial charge in [0.15, 0.2) is 0 Å². The minimum Gasteiger partial charge on any atom is -0.469 e. The maximum atomic E-state index is 12.1. The van der Waals surface area contributed by atoms with Crippen LogP contribution in [0, 0.1) is 23.2 Å². The first-order chi connectivity index (χ1) is 9.46. The van der Waals surface area contributed by atoms with Crippen LogP contribution in [0.1, 0.15) is 33.1 Å². The lowest BCUT2D eigenvalue weighted by atomic mass is 9.57. The lowest BCUT2D eigenvalue weighted by Gasteiger charge is -2.58. The van der Waals surface area contributed by atoms with E-state index in [1.807, 2.05) is 0 Å². The number of esters is 2. The van der Waals surface area contributed by atoms with Crippen molar-refractivity contribution >= 4 is 11.9 Å². The monoisotopic (exact) mass is 282 g/mol. The summed E-state index contributed by atoms with van der Waals surface area (Å²) in [5.74, 6) is -0.838. The third-order valence-electron chi connectivity index (χ3n) is 5.06. The van der Waals surface area contributed by atoms with E-state index in [2.05, 4.69) is 18.6 Å². The molecule has 0 amide bonds. The Morgan fingerprint density at radius 1 is 1.20 bits per heavy atom. The van der Waals surface area contributed by atoms with Crippen molar-refractivity contribution in [1.82, 2.24) is 0 Å². The number of carbonyl (C=O) groups is 2. The third kappa shape index (κ3) is 2.03. The molecule has 3 fully saturated rings. The molecule has 3 rings (SSSR count). The van der Waals surface area contributed by atoms with Crippen molar-refractivity contribution in [3.63, 3.8) is 0 Å². The van der Waals surface area contributed by atoms with Crippen LogP contribution in [-0.4, -0.2) is 37.9 Å². The fourth-order valence-electron chi connectivity index (χ4n) is 3.80. The zero-order valence-electron chi connectivity index (χ0n) is 12.3. The molecule has 1 saturated heterocycles. The van der Waals surface area contributed by atoms with Crippen LogP contribution in [-0.2, 0) is 23.8 Å². The lowest BCUT2D eigenvalue weighted by molar-refractivity contribution is -0.255. The normalized spacial score (nSPS) is 41.0. The van der Waals surface area contributed by atoms with E-state index in [-0.39, 0.29) is 41.4 Å². The minimum absolute atomic E-state index is 0.0841. The van der Waals surface area contributed by atoms with E-state index in [9.17, 15) is 9.59 Å². The van der Waals surface area contributed by atoms with Gasteiger partial charge in [0.25, 0.3) is 0 Å². The van der Waals surface area contributed by atoms with Gasteiger partial charge in [-0.05, 0) is 19.3 Å². The Labute approximate surface area is 118 Å². The number of ether oxygens (including phenoxy) is 3. The topological polar surface area (TPSA) is 61.8 Å². The molecule has 1 heterocycles. The number of hydrogen-bond acceptors (Lipinski definition) is 5. The van der Waals surface area contributed by atoms with E-state index in [1.165, 1.54) is 7.11 Å². The molecule has 0 aromatic heterocycles. The van der Waals surface area contributed by atoms with Gasteiger partial charge in [-0.3, -0.25) is 9.59 Å². The molecule has 2 saturated carbocycles. The molecule has 5 atom stereocenters. The fraction of sp³-hybridized carbons (Fsp3) is 0.867. The number of hydrogen-bond donors (Lipinski definition) is 0. The molecular formula is C15H22O5. The van der Waals surface area contributed by atoms with Crippen LogP contribution >= 0.6 is 0 Å². The Balaban J connectivity index is 1.58. The van der Waals surface area contributed by atoms with Crippen molar-refractivity contribution in [2.75, 3.05) is 13.7 Å². The largest absolute Gasteiger partial charge is 0.469 e. The van der Waals surface area contributed by atoms with Gasteiger partial charge in [0.1, 0.15) is 6.10 Å². The summed E-state index contributed by atoms with van der Waals surface area (Å²) in [6.45, 7) is 4.97. The van der Waals surface area contributed by atoms with Gasteiger partial charge in [0, 0.05) is 17.9 Å². The molecule has 1 aliphatic heterocycles. The molecule has 5 nitrogen and oxygen atoms in total. The average molecular weight is 282 g/mol. The molecule has 0 N–H and O–H groups in total. The molecule has 112 valence electrons. The predicted molar refractivity (Wildman–Crippen MR) is 69.7 cm³/mol. The summed E-state index contributed by atoms with van der Waals surface area (Å²) in [4.78, 5) is 23.5. The standard InChI is InChI=1S/C15H22O5/c1-15(2)11-8(5-4-6-19-11)12(15)20-14(17)10-7-9(10)13(16)18-3/h8-12H,4-7H2,1-3H3. The van der Waals surface area contributed by atoms with Crippen molar-refractivity contribution < 1.29 is 23.8 Å². The molecule has 0 bridgehead atoms. The Morgan fingerprint density at radius 3 is 2.60 bits per heavy atom. The predicted octanol–water partition coefficient (Wildman–Crippen LogP) is 1.54. The van der Waals surface area contributed by atoms with Crippen LogP contribution in [0.4, 0.5) is 0 Å². The molecule has 0 aromatic rings. The molecule has 2 aliphatic carbocycles. The van der Waals surface area contributed by atoms with Crippen LogP contribution in [0.5, 0.6) is 0 Å². The van der Waals surface area contributed by atoms with Crippen LogP contribution in [0.25, 0.3) is 0 Å². The van der Waals surface area contributed by atoms with Gasteiger partial charge < -0.3 is 14.2 Å². The van der Waals surface area contributed by atoms with E-state index in [4.69, 9.17) is 9.47 Å². The van der Waals surface area contributed by atoms with Gasteiger partial charge in [-0.15, -0.1) is 0 Å². The Bertz CT molecular complexity index is 430. The highest BCUT2D eigenvalue weighted by Gasteiger charge is 2.61. The SMILES string of the molecule is COC(=O)C1CC1C(=O)OC1C2CCCOC2C1(C)C. The molecule has 0 aromatic carbocycles. The summed E-state index contributed by atoms with van der Waals surface area (Å²) in [5.41, 5.74) is -0.129. The summed E-state index contributed by atoms with van der Waals surface area (Å²) in [5, 5.41) is 0. The minimum atomic E-state index is -0.307. The average Bonchev–Trinajstić information content (AvgIpc) is 3.24. The summed E-state index contributed by atoms with van der Waals surface area (Å²) in [6.07, 6.45) is 2.75. The summed E-state index contributed by atoms with van der Waals surface area (Å²) in [6, 6.07) is 0. The Kier molecular flexibility index (Phi) is 3.27. The quantitative estimate of drug-likeness (QED) is 0.735. The fourth-order valence-corrected chi connectivity index (χ4v) is 3.80. The first-order valence-electron chi connectivity index (χ1n) is 7.36. The van der Waals surface area contributed by atoms with Gasteiger partial charge >= 0.3 is 11.9 Å². The lowest BCUT2D eigenvalue weighted by Crippen LogP contribution is -2.65. The summed E-state index contributed by atoms with van der Waals surface area (Å²) >= 11 is 0. The van der Waals surface area contributed by atoms with E-state index in [0.717, 1.165) is 19.4 Å². The highest BCUT2D eigenvalue weighted by atomic mass is 16.6. The molecule has 20 heavy (non-hydrogen) atoms. The second-order valence-corrected chi connectivity index (χ2v) is 6.75. The molecule has 5 heteroatoms. The van der Waals surface area contributed by atoms with E-state index >= 15 is 0 Å². The smallest absolute Gasteiger partial charge is 0.310 e. The van der Waals surface area contributed by atoms with Crippen LogP contribution in [0.2, 0.25) is 0 Å². The second-order valence-electron chi connectivity index (χ2n) is 6.75. The van der Waals surface area contributed by atoms with Gasteiger partial charge in [0.2, 0.25) is 0 Å². The molecule has 0 spiro atoms. The summed E-state index contributed by atoms with van der Waals surface area (Å²) in [7, 11) is 1.35. The van der Waals surface area contributed by atoms with Crippen molar-refractivity contribution in [2.45, 2.75) is 45.3 Å². The zero-order chi connectivity index (χ0) is 14.5. The zero-order valence-corrected chi connectivity index (χ0v) is 12.3. The highest BCUT2D eigenvalue weighted by Crippen LogP contribution is 2.54. The number of carbonyl (C=O) groups excluding carboxylic acids is 2. The van der Waals surface area contributed by atoms with Crippen LogP contribution in [0.15, 0.2) is 0 Å². The summed E-state index contributed by atoms with van der Waals surface area (Å²) < 4.78 is 16.1. The first kappa shape index (κ1) is 13.9. The van der Waals surface area contributed by atoms with Crippen molar-refractivity contribution in [3.05, 3.63) is 0 Å². The van der Waals surface area contributed by atoms with E-state index in [0.29, 0.717) is 12.3 Å². The van der Waals surface area contributed by atoms with Crippen LogP contribution in [0.3, 0.4) is 0 Å². The van der Waals surface area contributed by atoms with Crippen molar-refractivity contribution in [1.29, 1.82) is 0 Å². The Morgan fingerprint density at radius 2 is 1.90 bits per heavy atom. The molecule has 5 unspecified atom stereocenters. The second kappa shape index (κ2) is 4.72. The third-order valence-corrected chi connectivity index (χ3v) is 5.06. The molecule has 3 aliphatic rings. The number of fused-ring (bicyclic) bond motifs is 1. The van der Waals surface area contributed by atoms with Crippen molar-refractivity contribution in [2.24, 2.45) is 23.2 Å². The molecule has 0 radical (unpaired) electrons. The maximum Gasteiger partial charge on any atom is 0.310 e. The van der Waals surface area contributed by atoms with Gasteiger partial charge in [0.05, 0.1) is 25.0 Å². The number of methoxy groups -OCH3 is 1. The van der Waals surface area contributed by atoms with E-state index < -0.39 is 0 Å². The maximum absolute atomic E-state index is 12.1. The highest BCUT2D eigenvalue weighted by molar-refractivity contribution is 5.87. The molecular weight excluding hydrogens is 260 g/mol. The first-order valence-corrected chi connectivity index (χ1v) is 7.36. The van der Waals surface area contributed by atoms with Gasteiger partial charge in [-0.25, -0.2) is 0 Å². The van der Waals surface area contributed by atoms with Gasteiger partial charge in [-0.1, -0.05) is 13.8 Å². The van der Waals surface area contributed by atoms with Crippen LogP contribution < -0.4 is 0 Å². The van der Waals surface area contributed by atoms with Crippen molar-refractivity contribution in [3.8, 4) is 0 Å². The Hall–Kier alpha value is -1.10. The number of rotatable bonds is 3.